The van der Waals surface area contributed by atoms with Crippen LogP contribution in [0.4, 0.5) is 0 Å². The van der Waals surface area contributed by atoms with Crippen molar-refractivity contribution in [2.75, 3.05) is 20.2 Å². The van der Waals surface area contributed by atoms with Crippen molar-refractivity contribution in [3.05, 3.63) is 12.2 Å². The lowest BCUT2D eigenvalue weighted by Crippen LogP contribution is -2.35. The van der Waals surface area contributed by atoms with Gasteiger partial charge in [0.2, 0.25) is 0 Å². The van der Waals surface area contributed by atoms with Gasteiger partial charge < -0.3 is 9.30 Å². The first-order chi connectivity index (χ1) is 7.29. The highest BCUT2D eigenvalue weighted by Crippen LogP contribution is 2.09. The highest BCUT2D eigenvalue weighted by atomic mass is 16.5. The number of hydrogen-bond donors (Lipinski definition) is 0. The summed E-state index contributed by atoms with van der Waals surface area (Å²) in [6.45, 7) is 3.31. The Kier molecular flexibility index (Phi) is 2.96. The van der Waals surface area contributed by atoms with Gasteiger partial charge in [-0.05, 0) is 0 Å². The minimum absolute atomic E-state index is 0.165. The Morgan fingerprint density at radius 1 is 1.60 bits per heavy atom. The summed E-state index contributed by atoms with van der Waals surface area (Å²) in [6.07, 6.45) is 2.18. The van der Waals surface area contributed by atoms with Gasteiger partial charge in [-0.2, -0.15) is 0 Å². The van der Waals surface area contributed by atoms with Crippen LogP contribution in [-0.4, -0.2) is 45.8 Å². The van der Waals surface area contributed by atoms with Crippen LogP contribution in [0.15, 0.2) is 6.33 Å². The second-order valence-corrected chi connectivity index (χ2v) is 3.54. The number of carbonyl (C=O) groups is 1. The Morgan fingerprint density at radius 3 is 3.27 bits per heavy atom. The van der Waals surface area contributed by atoms with E-state index in [1.807, 2.05) is 4.57 Å². The molecule has 1 aliphatic heterocycles. The van der Waals surface area contributed by atoms with Crippen molar-refractivity contribution in [1.29, 1.82) is 0 Å². The van der Waals surface area contributed by atoms with Crippen LogP contribution in [0.25, 0.3) is 0 Å². The van der Waals surface area contributed by atoms with E-state index in [1.165, 1.54) is 7.11 Å². The molecular formula is C9H14N4O2. The topological polar surface area (TPSA) is 60.2 Å². The third kappa shape index (κ3) is 2.33. The van der Waals surface area contributed by atoms with Crippen LogP contribution in [0.1, 0.15) is 12.2 Å². The van der Waals surface area contributed by atoms with Gasteiger partial charge >= 0.3 is 5.97 Å². The number of nitrogens with zero attached hydrogens (tertiary/aromatic N) is 4. The van der Waals surface area contributed by atoms with E-state index in [9.17, 15) is 4.79 Å². The number of ether oxygens (including phenoxy) is 1. The fourth-order valence-electron chi connectivity index (χ4n) is 1.66. The van der Waals surface area contributed by atoms with Crippen molar-refractivity contribution >= 4 is 5.97 Å². The largest absolute Gasteiger partial charge is 0.469 e. The van der Waals surface area contributed by atoms with Crippen molar-refractivity contribution in [2.24, 2.45) is 0 Å². The summed E-state index contributed by atoms with van der Waals surface area (Å²) < 4.78 is 6.63. The molecule has 6 nitrogen and oxygen atoms in total. The zero-order valence-electron chi connectivity index (χ0n) is 8.72. The molecule has 2 rings (SSSR count). The third-order valence-corrected chi connectivity index (χ3v) is 2.58. The van der Waals surface area contributed by atoms with E-state index in [0.29, 0.717) is 6.42 Å². The van der Waals surface area contributed by atoms with Crippen LogP contribution in [0.2, 0.25) is 0 Å². The number of rotatable bonds is 3. The van der Waals surface area contributed by atoms with E-state index < -0.39 is 0 Å². The predicted octanol–water partition coefficient (Wildman–Crippen LogP) is -0.343. The fourth-order valence-corrected chi connectivity index (χ4v) is 1.66. The summed E-state index contributed by atoms with van der Waals surface area (Å²) in [5.74, 6) is 0.799. The highest BCUT2D eigenvalue weighted by molar-refractivity contribution is 5.69. The van der Waals surface area contributed by atoms with Crippen LogP contribution in [0.3, 0.4) is 0 Å². The summed E-state index contributed by atoms with van der Waals surface area (Å²) >= 11 is 0. The van der Waals surface area contributed by atoms with Crippen molar-refractivity contribution in [3.63, 3.8) is 0 Å². The quantitative estimate of drug-likeness (QED) is 0.638. The smallest absolute Gasteiger partial charge is 0.306 e. The summed E-state index contributed by atoms with van der Waals surface area (Å²) in [7, 11) is 1.41. The molecule has 0 spiro atoms. The Hall–Kier alpha value is -1.43. The SMILES string of the molecule is COC(=O)CCN1CCn2cnnc2C1. The number of aromatic nitrogens is 3. The maximum absolute atomic E-state index is 11.0. The molecule has 0 saturated carbocycles. The summed E-state index contributed by atoms with van der Waals surface area (Å²) in [5, 5.41) is 7.85. The first-order valence-corrected chi connectivity index (χ1v) is 4.95. The van der Waals surface area contributed by atoms with Gasteiger partial charge in [-0.15, -0.1) is 10.2 Å². The van der Waals surface area contributed by atoms with E-state index in [2.05, 4.69) is 19.8 Å². The van der Waals surface area contributed by atoms with Crippen LogP contribution < -0.4 is 0 Å². The molecule has 82 valence electrons. The second-order valence-electron chi connectivity index (χ2n) is 3.54. The number of fused-ring (bicyclic) bond motifs is 1. The van der Waals surface area contributed by atoms with Gasteiger partial charge in [0.25, 0.3) is 0 Å². The van der Waals surface area contributed by atoms with Gasteiger partial charge in [-0.25, -0.2) is 0 Å². The van der Waals surface area contributed by atoms with E-state index >= 15 is 0 Å². The molecule has 0 saturated heterocycles. The van der Waals surface area contributed by atoms with E-state index in [0.717, 1.165) is 32.0 Å². The first kappa shape index (κ1) is 10.1. The molecule has 0 aromatic carbocycles. The second kappa shape index (κ2) is 4.39. The monoisotopic (exact) mass is 210 g/mol. The molecule has 0 fully saturated rings. The number of methoxy groups -OCH3 is 1. The summed E-state index contributed by atoms with van der Waals surface area (Å²) in [4.78, 5) is 13.1. The molecule has 1 aliphatic rings. The molecule has 0 radical (unpaired) electrons. The first-order valence-electron chi connectivity index (χ1n) is 4.95. The Balaban J connectivity index is 1.85. The molecule has 6 heteroatoms. The van der Waals surface area contributed by atoms with Crippen molar-refractivity contribution in [2.45, 2.75) is 19.5 Å². The maximum Gasteiger partial charge on any atom is 0.306 e. The fraction of sp³-hybridized carbons (Fsp3) is 0.667. The van der Waals surface area contributed by atoms with Crippen LogP contribution in [0.5, 0.6) is 0 Å². The Morgan fingerprint density at radius 2 is 2.47 bits per heavy atom. The van der Waals surface area contributed by atoms with Crippen LogP contribution in [0, 0.1) is 0 Å². The molecule has 1 aromatic heterocycles. The average molecular weight is 210 g/mol. The Bertz CT molecular complexity index is 350. The standard InChI is InChI=1S/C9H14N4O2/c1-15-9(14)2-3-12-4-5-13-7-10-11-8(13)6-12/h7H,2-6H2,1H3. The minimum Gasteiger partial charge on any atom is -0.469 e. The van der Waals surface area contributed by atoms with Crippen LogP contribution >= 0.6 is 0 Å². The summed E-state index contributed by atoms with van der Waals surface area (Å²) in [6, 6.07) is 0. The molecule has 0 atom stereocenters. The van der Waals surface area contributed by atoms with E-state index in [4.69, 9.17) is 0 Å². The van der Waals surface area contributed by atoms with Gasteiger partial charge in [-0.1, -0.05) is 0 Å². The van der Waals surface area contributed by atoms with Crippen molar-refractivity contribution in [3.8, 4) is 0 Å². The lowest BCUT2D eigenvalue weighted by molar-refractivity contribution is -0.141. The van der Waals surface area contributed by atoms with Gasteiger partial charge in [0, 0.05) is 19.6 Å². The zero-order valence-corrected chi connectivity index (χ0v) is 8.72. The van der Waals surface area contributed by atoms with Gasteiger partial charge in [0.15, 0.2) is 0 Å². The normalized spacial score (nSPS) is 16.1. The minimum atomic E-state index is -0.165. The molecule has 0 unspecified atom stereocenters. The molecule has 1 aromatic rings. The molecule has 15 heavy (non-hydrogen) atoms. The van der Waals surface area contributed by atoms with Gasteiger partial charge in [-0.3, -0.25) is 9.69 Å². The van der Waals surface area contributed by atoms with Gasteiger partial charge in [0.05, 0.1) is 20.1 Å². The number of carbonyl (C=O) groups excluding carboxylic acids is 1. The number of hydrogen-bond acceptors (Lipinski definition) is 5. The van der Waals surface area contributed by atoms with E-state index in [-0.39, 0.29) is 5.97 Å². The Labute approximate surface area is 87.8 Å². The van der Waals surface area contributed by atoms with Crippen LogP contribution in [-0.2, 0) is 22.6 Å². The molecule has 0 bridgehead atoms. The maximum atomic E-state index is 11.0. The molecule has 0 N–H and O–H groups in total. The predicted molar refractivity (Wildman–Crippen MR) is 51.9 cm³/mol. The van der Waals surface area contributed by atoms with Gasteiger partial charge in [0.1, 0.15) is 12.2 Å². The van der Waals surface area contributed by atoms with Crippen molar-refractivity contribution in [1.82, 2.24) is 19.7 Å². The zero-order chi connectivity index (χ0) is 10.7. The molecule has 0 aliphatic carbocycles. The molecule has 2 heterocycles. The highest BCUT2D eigenvalue weighted by Gasteiger charge is 2.17. The number of esters is 1. The molecular weight excluding hydrogens is 196 g/mol. The van der Waals surface area contributed by atoms with E-state index in [1.54, 1.807) is 6.33 Å². The average Bonchev–Trinajstić information content (AvgIpc) is 2.72. The lowest BCUT2D eigenvalue weighted by Gasteiger charge is -2.26. The molecule has 0 amide bonds. The van der Waals surface area contributed by atoms with Crippen molar-refractivity contribution < 1.29 is 9.53 Å². The third-order valence-electron chi connectivity index (χ3n) is 2.58. The summed E-state index contributed by atoms with van der Waals surface area (Å²) in [5.41, 5.74) is 0. The lowest BCUT2D eigenvalue weighted by atomic mass is 10.3.